The maximum absolute atomic E-state index is 12.7. The third kappa shape index (κ3) is 38.3. The third-order valence-corrected chi connectivity index (χ3v) is 9.77. The van der Waals surface area contributed by atoms with E-state index in [1.807, 2.05) is 21.1 Å². The summed E-state index contributed by atoms with van der Waals surface area (Å²) in [6.07, 6.45) is 35.5. The van der Waals surface area contributed by atoms with E-state index < -0.39 is 24.3 Å². The van der Waals surface area contributed by atoms with Crippen molar-refractivity contribution >= 4 is 17.9 Å². The second-order valence-corrected chi connectivity index (χ2v) is 16.4. The molecule has 9 heteroatoms. The molecule has 0 amide bonds. The number of likely N-dealkylation sites (N-methyl/N-ethyl adjacent to an activating group) is 1. The SMILES string of the molecule is CCCCCCCC/C=C\CCCCCCCCCC(=O)OC(COC(=O)CCCCCCCCCCCCCC)COC(OCC[N+](C)(C)C)C(=O)O. The van der Waals surface area contributed by atoms with Crippen LogP contribution in [0.25, 0.3) is 0 Å². The molecule has 2 atom stereocenters. The van der Waals surface area contributed by atoms with Gasteiger partial charge in [0.25, 0.3) is 6.29 Å². The molecule has 0 aliphatic heterocycles. The molecular formula is C45H86NO8+. The van der Waals surface area contributed by atoms with Gasteiger partial charge in [0.1, 0.15) is 13.2 Å². The van der Waals surface area contributed by atoms with Gasteiger partial charge < -0.3 is 28.5 Å². The lowest BCUT2D eigenvalue weighted by Crippen LogP contribution is -2.40. The first kappa shape index (κ1) is 52.0. The van der Waals surface area contributed by atoms with Crippen molar-refractivity contribution in [1.29, 1.82) is 0 Å². The van der Waals surface area contributed by atoms with Gasteiger partial charge in [-0.3, -0.25) is 9.59 Å². The fourth-order valence-electron chi connectivity index (χ4n) is 6.24. The van der Waals surface area contributed by atoms with Crippen molar-refractivity contribution < 1.29 is 42.9 Å². The number of aliphatic carboxylic acids is 1. The Labute approximate surface area is 332 Å². The number of carbonyl (C=O) groups is 3. The lowest BCUT2D eigenvalue weighted by Gasteiger charge is -2.25. The summed E-state index contributed by atoms with van der Waals surface area (Å²) in [5, 5.41) is 9.62. The minimum Gasteiger partial charge on any atom is -0.477 e. The number of allylic oxidation sites excluding steroid dienone is 2. The number of carboxylic acid groups (broad SMARTS) is 1. The fraction of sp³-hybridized carbons (Fsp3) is 0.889. The number of hydrogen-bond donors (Lipinski definition) is 1. The van der Waals surface area contributed by atoms with Crippen molar-refractivity contribution in [2.75, 3.05) is 47.5 Å². The van der Waals surface area contributed by atoms with Gasteiger partial charge in [-0.1, -0.05) is 161 Å². The maximum atomic E-state index is 12.7. The van der Waals surface area contributed by atoms with E-state index in [1.54, 1.807) is 0 Å². The van der Waals surface area contributed by atoms with Gasteiger partial charge in [-0.05, 0) is 38.5 Å². The molecule has 0 aliphatic rings. The zero-order chi connectivity index (χ0) is 40.0. The van der Waals surface area contributed by atoms with Crippen molar-refractivity contribution in [3.63, 3.8) is 0 Å². The monoisotopic (exact) mass is 769 g/mol. The van der Waals surface area contributed by atoms with Crippen molar-refractivity contribution in [3.05, 3.63) is 12.2 Å². The number of ether oxygens (including phenoxy) is 4. The Kier molecular flexibility index (Phi) is 36.5. The number of unbranched alkanes of at least 4 members (excludes halogenated alkanes) is 24. The molecule has 0 radical (unpaired) electrons. The molecule has 0 rings (SSSR count). The molecule has 0 spiro atoms. The van der Waals surface area contributed by atoms with E-state index in [4.69, 9.17) is 18.9 Å². The van der Waals surface area contributed by atoms with Crippen LogP contribution in [0.4, 0.5) is 0 Å². The zero-order valence-electron chi connectivity index (χ0n) is 35.9. The lowest BCUT2D eigenvalue weighted by molar-refractivity contribution is -0.870. The van der Waals surface area contributed by atoms with Crippen LogP contribution >= 0.6 is 0 Å². The summed E-state index contributed by atoms with van der Waals surface area (Å²) in [7, 11) is 5.96. The van der Waals surface area contributed by atoms with Gasteiger partial charge in [-0.2, -0.15) is 0 Å². The van der Waals surface area contributed by atoms with Crippen LogP contribution in [-0.2, 0) is 33.3 Å². The molecule has 1 N–H and O–H groups in total. The van der Waals surface area contributed by atoms with E-state index in [1.165, 1.54) is 122 Å². The average molecular weight is 769 g/mol. The van der Waals surface area contributed by atoms with E-state index in [0.717, 1.165) is 51.4 Å². The van der Waals surface area contributed by atoms with E-state index in [9.17, 15) is 19.5 Å². The van der Waals surface area contributed by atoms with E-state index in [0.29, 0.717) is 17.4 Å². The summed E-state index contributed by atoms with van der Waals surface area (Å²) in [6, 6.07) is 0. The molecule has 9 nitrogen and oxygen atoms in total. The first-order valence-corrected chi connectivity index (χ1v) is 22.4. The van der Waals surface area contributed by atoms with Crippen LogP contribution < -0.4 is 0 Å². The number of esters is 2. The molecule has 0 heterocycles. The molecule has 0 aromatic carbocycles. The van der Waals surface area contributed by atoms with Gasteiger partial charge in [-0.25, -0.2) is 4.79 Å². The first-order chi connectivity index (χ1) is 26.1. The van der Waals surface area contributed by atoms with Crippen LogP contribution in [-0.4, -0.2) is 87.4 Å². The summed E-state index contributed by atoms with van der Waals surface area (Å²) < 4.78 is 22.7. The number of rotatable bonds is 41. The Morgan fingerprint density at radius 3 is 1.37 bits per heavy atom. The highest BCUT2D eigenvalue weighted by molar-refractivity contribution is 5.71. The van der Waals surface area contributed by atoms with Gasteiger partial charge >= 0.3 is 17.9 Å². The van der Waals surface area contributed by atoms with Crippen molar-refractivity contribution in [2.45, 2.75) is 212 Å². The van der Waals surface area contributed by atoms with Gasteiger partial charge in [0.15, 0.2) is 6.10 Å². The summed E-state index contributed by atoms with van der Waals surface area (Å²) in [5.74, 6) is -2.00. The Hall–Kier alpha value is -1.97. The number of quaternary nitrogens is 1. The van der Waals surface area contributed by atoms with E-state index in [-0.39, 0.29) is 32.2 Å². The predicted molar refractivity (Wildman–Crippen MR) is 221 cm³/mol. The zero-order valence-corrected chi connectivity index (χ0v) is 35.9. The van der Waals surface area contributed by atoms with Gasteiger partial charge in [0.05, 0.1) is 34.4 Å². The summed E-state index contributed by atoms with van der Waals surface area (Å²) in [6.45, 7) is 4.87. The molecule has 0 saturated carbocycles. The van der Waals surface area contributed by atoms with Gasteiger partial charge in [-0.15, -0.1) is 0 Å². The quantitative estimate of drug-likeness (QED) is 0.0215. The van der Waals surface area contributed by atoms with E-state index >= 15 is 0 Å². The number of hydrogen-bond acceptors (Lipinski definition) is 7. The van der Waals surface area contributed by atoms with Crippen LogP contribution in [0.2, 0.25) is 0 Å². The molecule has 0 saturated heterocycles. The minimum absolute atomic E-state index is 0.178. The highest BCUT2D eigenvalue weighted by Gasteiger charge is 2.25. The molecule has 0 bridgehead atoms. The Balaban J connectivity index is 4.42. The van der Waals surface area contributed by atoms with Crippen LogP contribution in [0.5, 0.6) is 0 Å². The van der Waals surface area contributed by atoms with Gasteiger partial charge in [0, 0.05) is 12.8 Å². The van der Waals surface area contributed by atoms with Crippen molar-refractivity contribution in [2.24, 2.45) is 0 Å². The maximum Gasteiger partial charge on any atom is 0.361 e. The summed E-state index contributed by atoms with van der Waals surface area (Å²) in [5.41, 5.74) is 0. The largest absolute Gasteiger partial charge is 0.477 e. The molecule has 0 aromatic heterocycles. The Bertz CT molecular complexity index is 903. The Morgan fingerprint density at radius 2 is 0.944 bits per heavy atom. The lowest BCUT2D eigenvalue weighted by atomic mass is 10.0. The second kappa shape index (κ2) is 37.9. The minimum atomic E-state index is -1.50. The molecule has 54 heavy (non-hydrogen) atoms. The smallest absolute Gasteiger partial charge is 0.361 e. The van der Waals surface area contributed by atoms with Crippen molar-refractivity contribution in [1.82, 2.24) is 0 Å². The van der Waals surface area contributed by atoms with Crippen LogP contribution in [0.3, 0.4) is 0 Å². The second-order valence-electron chi connectivity index (χ2n) is 16.4. The highest BCUT2D eigenvalue weighted by atomic mass is 16.7. The topological polar surface area (TPSA) is 108 Å². The summed E-state index contributed by atoms with van der Waals surface area (Å²) >= 11 is 0. The van der Waals surface area contributed by atoms with Gasteiger partial charge in [0.2, 0.25) is 0 Å². The normalized spacial score (nSPS) is 13.0. The molecule has 2 unspecified atom stereocenters. The number of carbonyl (C=O) groups excluding carboxylic acids is 2. The van der Waals surface area contributed by atoms with Crippen LogP contribution in [0.15, 0.2) is 12.2 Å². The average Bonchev–Trinajstić information content (AvgIpc) is 3.12. The molecule has 318 valence electrons. The first-order valence-electron chi connectivity index (χ1n) is 22.4. The molecule has 0 aromatic rings. The number of carboxylic acids is 1. The molecular weight excluding hydrogens is 682 g/mol. The highest BCUT2D eigenvalue weighted by Crippen LogP contribution is 2.15. The standard InChI is InChI=1S/C45H85NO8/c1-6-8-10-12-14-16-18-20-21-22-23-24-26-28-30-32-34-36-43(48)54-41(40-53-45(44(49)50)51-38-37-46(3,4)5)39-52-42(47)35-33-31-29-27-25-19-17-15-13-11-9-7-2/h20-21,41,45H,6-19,22-40H2,1-5H3/p+1/b21-20-. The molecule has 0 fully saturated rings. The fourth-order valence-corrected chi connectivity index (χ4v) is 6.24. The number of nitrogens with zero attached hydrogens (tertiary/aromatic N) is 1. The summed E-state index contributed by atoms with van der Waals surface area (Å²) in [4.78, 5) is 37.0. The van der Waals surface area contributed by atoms with Crippen molar-refractivity contribution in [3.8, 4) is 0 Å². The Morgan fingerprint density at radius 1 is 0.537 bits per heavy atom. The predicted octanol–water partition coefficient (Wildman–Crippen LogP) is 11.5. The molecule has 0 aliphatic carbocycles. The van der Waals surface area contributed by atoms with Crippen LogP contribution in [0.1, 0.15) is 200 Å². The van der Waals surface area contributed by atoms with Crippen LogP contribution in [0, 0.1) is 0 Å². The van der Waals surface area contributed by atoms with E-state index in [2.05, 4.69) is 26.0 Å². The third-order valence-electron chi connectivity index (χ3n) is 9.77.